The first-order valence-corrected chi connectivity index (χ1v) is 6.54. The zero-order valence-corrected chi connectivity index (χ0v) is 11.3. The van der Waals surface area contributed by atoms with E-state index in [1.54, 1.807) is 11.9 Å². The van der Waals surface area contributed by atoms with Gasteiger partial charge in [-0.15, -0.1) is 0 Å². The molecule has 2 amide bonds. The molecule has 2 rings (SSSR count). The van der Waals surface area contributed by atoms with Crippen molar-refractivity contribution in [1.29, 1.82) is 0 Å². The third-order valence-corrected chi connectivity index (χ3v) is 3.73. The van der Waals surface area contributed by atoms with Crippen molar-refractivity contribution >= 4 is 11.8 Å². The summed E-state index contributed by atoms with van der Waals surface area (Å²) < 4.78 is 10.7. The van der Waals surface area contributed by atoms with Crippen molar-refractivity contribution in [2.75, 3.05) is 47.1 Å². The van der Waals surface area contributed by atoms with E-state index in [1.807, 2.05) is 7.05 Å². The maximum atomic E-state index is 12.6. The third-order valence-electron chi connectivity index (χ3n) is 3.73. The first-order chi connectivity index (χ1) is 9.19. The third kappa shape index (κ3) is 2.88. The molecule has 7 nitrogen and oxygen atoms in total. The monoisotopic (exact) mass is 271 g/mol. The maximum absolute atomic E-state index is 12.6. The topological polar surface area (TPSA) is 79.9 Å². The molecule has 19 heavy (non-hydrogen) atoms. The smallest absolute Gasteiger partial charge is 0.244 e. The van der Waals surface area contributed by atoms with Crippen LogP contribution in [0, 0.1) is 5.92 Å². The number of carbonyl (C=O) groups is 2. The van der Waals surface area contributed by atoms with Gasteiger partial charge >= 0.3 is 0 Å². The summed E-state index contributed by atoms with van der Waals surface area (Å²) >= 11 is 0. The quantitative estimate of drug-likeness (QED) is 0.633. The van der Waals surface area contributed by atoms with Crippen LogP contribution >= 0.6 is 0 Å². The van der Waals surface area contributed by atoms with Crippen molar-refractivity contribution in [2.45, 2.75) is 12.1 Å². The molecule has 0 aromatic rings. The summed E-state index contributed by atoms with van der Waals surface area (Å²) in [5.41, 5.74) is 0. The highest BCUT2D eigenvalue weighted by molar-refractivity contribution is 5.89. The van der Waals surface area contributed by atoms with Crippen molar-refractivity contribution in [3.8, 4) is 0 Å². The van der Waals surface area contributed by atoms with E-state index in [2.05, 4.69) is 10.6 Å². The Labute approximate surface area is 112 Å². The van der Waals surface area contributed by atoms with E-state index in [9.17, 15) is 9.59 Å². The Morgan fingerprint density at radius 1 is 1.16 bits per heavy atom. The molecule has 3 atom stereocenters. The summed E-state index contributed by atoms with van der Waals surface area (Å²) in [4.78, 5) is 26.0. The molecule has 2 N–H and O–H groups in total. The molecule has 0 aromatic carbocycles. The second kappa shape index (κ2) is 6.31. The van der Waals surface area contributed by atoms with Gasteiger partial charge in [0.2, 0.25) is 11.8 Å². The fraction of sp³-hybridized carbons (Fsp3) is 0.833. The predicted molar refractivity (Wildman–Crippen MR) is 67.5 cm³/mol. The molecule has 0 aromatic heterocycles. The number of likely N-dealkylation sites (N-methyl/N-ethyl adjacent to an activating group) is 2. The molecular formula is C12H21N3O4. The second-order valence-electron chi connectivity index (χ2n) is 4.78. The Kier molecular flexibility index (Phi) is 4.73. The highest BCUT2D eigenvalue weighted by atomic mass is 16.5. The standard InChI is InChI=1S/C12H21N3O4/c1-13-9-6-19-5-8(9)12(17)15-3-4-18-7-10(15)11(16)14-2/h8-10,13H,3-7H2,1-2H3,(H,14,16). The number of carbonyl (C=O) groups excluding carboxylic acids is 2. The molecule has 108 valence electrons. The number of nitrogens with zero attached hydrogens (tertiary/aromatic N) is 1. The van der Waals surface area contributed by atoms with Crippen LogP contribution in [0.15, 0.2) is 0 Å². The van der Waals surface area contributed by atoms with Crippen LogP contribution in [0.4, 0.5) is 0 Å². The number of morpholine rings is 1. The van der Waals surface area contributed by atoms with Crippen LogP contribution in [0.3, 0.4) is 0 Å². The van der Waals surface area contributed by atoms with Gasteiger partial charge in [0.25, 0.3) is 0 Å². The summed E-state index contributed by atoms with van der Waals surface area (Å²) in [5, 5.41) is 5.66. The molecular weight excluding hydrogens is 250 g/mol. The molecule has 0 spiro atoms. The van der Waals surface area contributed by atoms with Gasteiger partial charge in [-0.2, -0.15) is 0 Å². The van der Waals surface area contributed by atoms with Crippen molar-refractivity contribution < 1.29 is 19.1 Å². The van der Waals surface area contributed by atoms with Crippen LogP contribution in [0.5, 0.6) is 0 Å². The lowest BCUT2D eigenvalue weighted by Gasteiger charge is -2.36. The number of ether oxygens (including phenoxy) is 2. The number of rotatable bonds is 3. The lowest BCUT2D eigenvalue weighted by molar-refractivity contribution is -0.151. The van der Waals surface area contributed by atoms with Crippen LogP contribution < -0.4 is 10.6 Å². The molecule has 2 aliphatic heterocycles. The molecule has 2 saturated heterocycles. The molecule has 2 heterocycles. The van der Waals surface area contributed by atoms with Crippen LogP contribution in [0.25, 0.3) is 0 Å². The van der Waals surface area contributed by atoms with Crippen molar-refractivity contribution in [3.63, 3.8) is 0 Å². The summed E-state index contributed by atoms with van der Waals surface area (Å²) in [6, 6.07) is -0.523. The largest absolute Gasteiger partial charge is 0.379 e. The van der Waals surface area contributed by atoms with Gasteiger partial charge in [0, 0.05) is 19.6 Å². The number of nitrogens with one attached hydrogen (secondary N) is 2. The maximum Gasteiger partial charge on any atom is 0.244 e. The molecule has 0 radical (unpaired) electrons. The summed E-state index contributed by atoms with van der Waals surface area (Å²) in [7, 11) is 3.38. The van der Waals surface area contributed by atoms with E-state index in [0.29, 0.717) is 26.4 Å². The van der Waals surface area contributed by atoms with Gasteiger partial charge < -0.3 is 25.0 Å². The van der Waals surface area contributed by atoms with E-state index in [1.165, 1.54) is 0 Å². The van der Waals surface area contributed by atoms with Crippen LogP contribution in [-0.2, 0) is 19.1 Å². The molecule has 2 fully saturated rings. The average molecular weight is 271 g/mol. The molecule has 7 heteroatoms. The minimum absolute atomic E-state index is 0.0145. The number of hydrogen-bond acceptors (Lipinski definition) is 5. The lowest BCUT2D eigenvalue weighted by atomic mass is 10.0. The fourth-order valence-corrected chi connectivity index (χ4v) is 2.55. The van der Waals surface area contributed by atoms with Crippen molar-refractivity contribution in [1.82, 2.24) is 15.5 Å². The summed E-state index contributed by atoms with van der Waals surface area (Å²) in [5.74, 6) is -0.447. The molecule has 2 aliphatic rings. The zero-order chi connectivity index (χ0) is 13.8. The van der Waals surface area contributed by atoms with Crippen molar-refractivity contribution in [2.24, 2.45) is 5.92 Å². The molecule has 3 unspecified atom stereocenters. The summed E-state index contributed by atoms with van der Waals surface area (Å²) in [6.07, 6.45) is 0. The Morgan fingerprint density at radius 2 is 1.95 bits per heavy atom. The minimum Gasteiger partial charge on any atom is -0.379 e. The van der Waals surface area contributed by atoms with Gasteiger partial charge in [-0.1, -0.05) is 0 Å². The Bertz CT molecular complexity index is 350. The van der Waals surface area contributed by atoms with E-state index >= 15 is 0 Å². The molecule has 0 saturated carbocycles. The molecule has 0 bridgehead atoms. The summed E-state index contributed by atoms with van der Waals surface area (Å²) in [6.45, 7) is 2.11. The Morgan fingerprint density at radius 3 is 2.63 bits per heavy atom. The van der Waals surface area contributed by atoms with Crippen LogP contribution in [0.1, 0.15) is 0 Å². The normalized spacial score (nSPS) is 31.3. The van der Waals surface area contributed by atoms with Gasteiger partial charge in [-0.05, 0) is 7.05 Å². The molecule has 0 aliphatic carbocycles. The fourth-order valence-electron chi connectivity index (χ4n) is 2.55. The van der Waals surface area contributed by atoms with Gasteiger partial charge in [0.15, 0.2) is 0 Å². The Balaban J connectivity index is 2.09. The zero-order valence-electron chi connectivity index (χ0n) is 11.3. The van der Waals surface area contributed by atoms with Gasteiger partial charge in [-0.25, -0.2) is 0 Å². The number of hydrogen-bond donors (Lipinski definition) is 2. The van der Waals surface area contributed by atoms with Gasteiger partial charge in [0.1, 0.15) is 6.04 Å². The van der Waals surface area contributed by atoms with E-state index < -0.39 is 6.04 Å². The first-order valence-electron chi connectivity index (χ1n) is 6.54. The highest BCUT2D eigenvalue weighted by Crippen LogP contribution is 2.19. The minimum atomic E-state index is -0.538. The van der Waals surface area contributed by atoms with Crippen LogP contribution in [-0.4, -0.2) is 75.9 Å². The second-order valence-corrected chi connectivity index (χ2v) is 4.78. The van der Waals surface area contributed by atoms with Gasteiger partial charge in [0.05, 0.1) is 32.3 Å². The predicted octanol–water partition coefficient (Wildman–Crippen LogP) is -1.81. The highest BCUT2D eigenvalue weighted by Gasteiger charge is 2.40. The van der Waals surface area contributed by atoms with E-state index in [-0.39, 0.29) is 30.4 Å². The van der Waals surface area contributed by atoms with Crippen molar-refractivity contribution in [3.05, 3.63) is 0 Å². The number of amides is 2. The SMILES string of the molecule is CNC(=O)C1COCCN1C(=O)C1COCC1NC. The van der Waals surface area contributed by atoms with E-state index in [4.69, 9.17) is 9.47 Å². The van der Waals surface area contributed by atoms with E-state index in [0.717, 1.165) is 0 Å². The first kappa shape index (κ1) is 14.2. The average Bonchev–Trinajstić information content (AvgIpc) is 2.94. The lowest BCUT2D eigenvalue weighted by Crippen LogP contribution is -2.58. The van der Waals surface area contributed by atoms with Gasteiger partial charge in [-0.3, -0.25) is 9.59 Å². The van der Waals surface area contributed by atoms with Crippen LogP contribution in [0.2, 0.25) is 0 Å². The Hall–Kier alpha value is -1.18.